The van der Waals surface area contributed by atoms with Crippen molar-refractivity contribution in [1.82, 2.24) is 5.32 Å². The minimum absolute atomic E-state index is 0. The highest BCUT2D eigenvalue weighted by Gasteiger charge is 2.26. The van der Waals surface area contributed by atoms with E-state index < -0.39 is 6.10 Å². The number of rotatable bonds is 5. The summed E-state index contributed by atoms with van der Waals surface area (Å²) in [5.41, 5.74) is 5.99. The summed E-state index contributed by atoms with van der Waals surface area (Å²) in [6.45, 7) is 0.258. The number of aliphatic hydroxyl groups excluding tert-OH is 1. The normalized spacial score (nSPS) is 21.8. The van der Waals surface area contributed by atoms with Crippen molar-refractivity contribution in [3.63, 3.8) is 0 Å². The van der Waals surface area contributed by atoms with Gasteiger partial charge in [-0.25, -0.2) is 0 Å². The molecule has 1 amide bonds. The average molecular weight is 355 g/mol. The largest absolute Gasteiger partial charge is 0.386 e. The highest BCUT2D eigenvalue weighted by molar-refractivity contribution is 7.19. The van der Waals surface area contributed by atoms with Crippen molar-refractivity contribution in [3.05, 3.63) is 35.2 Å². The predicted octanol–water partition coefficient (Wildman–Crippen LogP) is 2.99. The molecular formula is C17H23ClN2O2S. The van der Waals surface area contributed by atoms with E-state index >= 15 is 0 Å². The van der Waals surface area contributed by atoms with Gasteiger partial charge in [0.25, 0.3) is 0 Å². The van der Waals surface area contributed by atoms with Crippen LogP contribution < -0.4 is 11.1 Å². The lowest BCUT2D eigenvalue weighted by atomic mass is 10.00. The van der Waals surface area contributed by atoms with Gasteiger partial charge in [0, 0.05) is 28.6 Å². The van der Waals surface area contributed by atoms with E-state index in [0.717, 1.165) is 34.2 Å². The van der Waals surface area contributed by atoms with E-state index in [1.165, 1.54) is 0 Å². The van der Waals surface area contributed by atoms with Gasteiger partial charge in [0.05, 0.1) is 0 Å². The molecule has 0 saturated heterocycles. The Bertz CT molecular complexity index is 628. The lowest BCUT2D eigenvalue weighted by Gasteiger charge is -2.16. The van der Waals surface area contributed by atoms with Crippen molar-refractivity contribution in [1.29, 1.82) is 0 Å². The molecule has 0 bridgehead atoms. The van der Waals surface area contributed by atoms with Gasteiger partial charge in [0.15, 0.2) is 0 Å². The number of nitrogens with two attached hydrogens (primary N) is 1. The Morgan fingerprint density at radius 3 is 2.87 bits per heavy atom. The van der Waals surface area contributed by atoms with Crippen LogP contribution >= 0.6 is 23.7 Å². The molecule has 1 aromatic heterocycles. The van der Waals surface area contributed by atoms with Crippen LogP contribution in [0.1, 0.15) is 36.7 Å². The summed E-state index contributed by atoms with van der Waals surface area (Å²) >= 11 is 1.57. The van der Waals surface area contributed by atoms with Gasteiger partial charge >= 0.3 is 0 Å². The third-order valence-corrected chi connectivity index (χ3v) is 5.65. The van der Waals surface area contributed by atoms with Gasteiger partial charge in [-0.3, -0.25) is 4.79 Å². The second-order valence-corrected chi connectivity index (χ2v) is 7.18. The molecule has 23 heavy (non-hydrogen) atoms. The number of amides is 1. The highest BCUT2D eigenvalue weighted by Crippen LogP contribution is 2.30. The average Bonchev–Trinajstić information content (AvgIpc) is 3.11. The van der Waals surface area contributed by atoms with Gasteiger partial charge in [-0.2, -0.15) is 0 Å². The van der Waals surface area contributed by atoms with E-state index in [0.29, 0.717) is 12.3 Å². The van der Waals surface area contributed by atoms with Crippen LogP contribution in [0.3, 0.4) is 0 Å². The Balaban J connectivity index is 0.00000192. The van der Waals surface area contributed by atoms with Crippen molar-refractivity contribution in [2.75, 3.05) is 6.54 Å². The molecule has 0 aliphatic heterocycles. The van der Waals surface area contributed by atoms with E-state index in [1.807, 2.05) is 30.3 Å². The Hall–Kier alpha value is -1.14. The smallest absolute Gasteiger partial charge is 0.220 e. The molecule has 1 unspecified atom stereocenters. The number of benzene rings is 1. The molecule has 3 atom stereocenters. The minimum atomic E-state index is -0.654. The van der Waals surface area contributed by atoms with Gasteiger partial charge < -0.3 is 16.2 Å². The number of nitrogens with one attached hydrogen (secondary N) is 1. The number of thiophene rings is 1. The monoisotopic (exact) mass is 354 g/mol. The Labute approximate surface area is 146 Å². The van der Waals surface area contributed by atoms with E-state index in [2.05, 4.69) is 5.32 Å². The SMILES string of the molecule is Cl.N[C@@H]1CCC[C@H]1CC(=O)NCC(O)c1cc2ccccc2s1. The van der Waals surface area contributed by atoms with E-state index in [4.69, 9.17) is 5.73 Å². The van der Waals surface area contributed by atoms with Crippen LogP contribution in [0.5, 0.6) is 0 Å². The Morgan fingerprint density at radius 2 is 2.17 bits per heavy atom. The number of halogens is 1. The van der Waals surface area contributed by atoms with Crippen LogP contribution in [0, 0.1) is 5.92 Å². The zero-order valence-corrected chi connectivity index (χ0v) is 14.5. The minimum Gasteiger partial charge on any atom is -0.386 e. The summed E-state index contributed by atoms with van der Waals surface area (Å²) in [5.74, 6) is 0.281. The zero-order chi connectivity index (χ0) is 15.5. The molecule has 1 fully saturated rings. The molecule has 126 valence electrons. The summed E-state index contributed by atoms with van der Waals surface area (Å²) in [6, 6.07) is 10.2. The molecule has 2 aromatic rings. The molecule has 0 spiro atoms. The molecule has 1 aromatic carbocycles. The van der Waals surface area contributed by atoms with Crippen LogP contribution in [-0.4, -0.2) is 23.6 Å². The fourth-order valence-corrected chi connectivity index (χ4v) is 4.16. The van der Waals surface area contributed by atoms with Crippen LogP contribution in [0.2, 0.25) is 0 Å². The van der Waals surface area contributed by atoms with Gasteiger partial charge in [-0.15, -0.1) is 23.7 Å². The number of fused-ring (bicyclic) bond motifs is 1. The zero-order valence-electron chi connectivity index (χ0n) is 12.9. The molecule has 1 heterocycles. The first-order valence-corrected chi connectivity index (χ1v) is 8.64. The highest BCUT2D eigenvalue weighted by atomic mass is 35.5. The maximum Gasteiger partial charge on any atom is 0.220 e. The molecule has 3 rings (SSSR count). The van der Waals surface area contributed by atoms with Crippen LogP contribution in [-0.2, 0) is 4.79 Å². The summed E-state index contributed by atoms with van der Waals surface area (Å²) in [7, 11) is 0. The first kappa shape index (κ1) is 18.2. The summed E-state index contributed by atoms with van der Waals surface area (Å²) in [6.07, 6.45) is 2.98. The van der Waals surface area contributed by atoms with Crippen molar-refractivity contribution in [2.45, 2.75) is 37.8 Å². The number of aliphatic hydroxyl groups is 1. The molecule has 4 N–H and O–H groups in total. The summed E-state index contributed by atoms with van der Waals surface area (Å²) < 4.78 is 1.15. The van der Waals surface area contributed by atoms with Gasteiger partial charge in [-0.1, -0.05) is 24.6 Å². The topological polar surface area (TPSA) is 75.4 Å². The van der Waals surface area contributed by atoms with Gasteiger partial charge in [0.2, 0.25) is 5.91 Å². The maximum atomic E-state index is 12.0. The molecule has 6 heteroatoms. The Kier molecular flexibility index (Phi) is 6.41. The van der Waals surface area contributed by atoms with Gasteiger partial charge in [0.1, 0.15) is 6.10 Å². The van der Waals surface area contributed by atoms with Crippen molar-refractivity contribution >= 4 is 39.7 Å². The van der Waals surface area contributed by atoms with Crippen molar-refractivity contribution in [3.8, 4) is 0 Å². The molecule has 4 nitrogen and oxygen atoms in total. The van der Waals surface area contributed by atoms with E-state index in [9.17, 15) is 9.90 Å². The van der Waals surface area contributed by atoms with E-state index in [-0.39, 0.29) is 30.9 Å². The lowest BCUT2D eigenvalue weighted by Crippen LogP contribution is -2.33. The van der Waals surface area contributed by atoms with Crippen LogP contribution in [0.25, 0.3) is 10.1 Å². The number of hydrogen-bond donors (Lipinski definition) is 3. The lowest BCUT2D eigenvalue weighted by molar-refractivity contribution is -0.122. The third-order valence-electron chi connectivity index (χ3n) is 4.43. The fourth-order valence-electron chi connectivity index (χ4n) is 3.11. The fraction of sp³-hybridized carbons (Fsp3) is 0.471. The standard InChI is InChI=1S/C17H22N2O2S.ClH/c18-13-6-3-5-11(13)9-17(21)19-10-14(20)16-8-12-4-1-2-7-15(12)22-16;/h1-2,4,7-8,11,13-14,20H,3,5-6,9-10,18H2,(H,19,21);1H/t11-,13+,14?;/m0./s1. The molecule has 1 aliphatic carbocycles. The maximum absolute atomic E-state index is 12.0. The first-order valence-electron chi connectivity index (χ1n) is 7.82. The summed E-state index contributed by atoms with van der Waals surface area (Å²) in [4.78, 5) is 12.9. The van der Waals surface area contributed by atoms with Crippen molar-refractivity contribution < 1.29 is 9.90 Å². The van der Waals surface area contributed by atoms with Crippen LogP contribution in [0.15, 0.2) is 30.3 Å². The quantitative estimate of drug-likeness (QED) is 0.772. The number of carbonyl (C=O) groups is 1. The summed E-state index contributed by atoms with van der Waals surface area (Å²) in [5, 5.41) is 14.2. The third kappa shape index (κ3) is 4.44. The number of carbonyl (C=O) groups excluding carboxylic acids is 1. The van der Waals surface area contributed by atoms with Crippen molar-refractivity contribution in [2.24, 2.45) is 11.7 Å². The molecular weight excluding hydrogens is 332 g/mol. The van der Waals surface area contributed by atoms with Gasteiger partial charge in [-0.05, 0) is 36.3 Å². The molecule has 1 saturated carbocycles. The second-order valence-electron chi connectivity index (χ2n) is 6.07. The van der Waals surface area contributed by atoms with Crippen LogP contribution in [0.4, 0.5) is 0 Å². The first-order chi connectivity index (χ1) is 10.6. The molecule has 1 aliphatic rings. The van der Waals surface area contributed by atoms with E-state index in [1.54, 1.807) is 11.3 Å². The number of hydrogen-bond acceptors (Lipinski definition) is 4. The Morgan fingerprint density at radius 1 is 1.39 bits per heavy atom. The second kappa shape index (κ2) is 8.11. The predicted molar refractivity (Wildman–Crippen MR) is 97.0 cm³/mol. The molecule has 0 radical (unpaired) electrons.